The highest BCUT2D eigenvalue weighted by atomic mass is 32.2. The molecule has 2 aliphatic heterocycles. The summed E-state index contributed by atoms with van der Waals surface area (Å²) in [6, 6.07) is -0.170. The number of nitrogens with zero attached hydrogens (tertiary/aromatic N) is 4. The van der Waals surface area contributed by atoms with Crippen LogP contribution in [0.2, 0.25) is 0 Å². The maximum Gasteiger partial charge on any atom is 0.352 e. The number of aromatic hydroxyl groups is 1. The number of allylic oxidation sites excluding steroid dienone is 1. The van der Waals surface area contributed by atoms with Gasteiger partial charge in [0.1, 0.15) is 22.8 Å². The Morgan fingerprint density at radius 2 is 2.08 bits per heavy atom. The predicted octanol–water partition coefficient (Wildman–Crippen LogP) is -1.25. The number of nitrogens with one attached hydrogen (secondary N) is 2. The van der Waals surface area contributed by atoms with Gasteiger partial charge in [-0.05, 0) is 11.6 Å². The van der Waals surface area contributed by atoms with Crippen LogP contribution in [-0.2, 0) is 24.0 Å². The van der Waals surface area contributed by atoms with Crippen molar-refractivity contribution in [3.63, 3.8) is 0 Å². The smallest absolute Gasteiger partial charge is 0.352 e. The van der Waals surface area contributed by atoms with E-state index in [-0.39, 0.29) is 39.3 Å². The number of aliphatic carboxylic acids is 1. The summed E-state index contributed by atoms with van der Waals surface area (Å²) in [4.78, 5) is 71.2. The van der Waals surface area contributed by atoms with Crippen molar-refractivity contribution in [3.8, 4) is 5.75 Å². The number of thiazole rings is 1. The zero-order chi connectivity index (χ0) is 29.1. The molecule has 210 valence electrons. The highest BCUT2D eigenvalue weighted by Gasteiger charge is 2.54. The first kappa shape index (κ1) is 28.2. The number of oxime groups is 1. The number of amides is 3. The molecule has 1 fully saturated rings. The molecule has 4 heterocycles. The molecule has 0 bridgehead atoms. The average Bonchev–Trinajstić information content (AvgIpc) is 3.35. The normalized spacial score (nSPS) is 18.8. The molecule has 2 atom stereocenters. The lowest BCUT2D eigenvalue weighted by Crippen LogP contribution is -2.71. The standard InChI is InChI=1S/C22H21N7O9S2/c1-24-14(32)6-38-27-15(11-8-40-22(23)25-11)18(33)26-16-19(34)29-17(21(35)36)9(7-39-20(16)29)2-3-10-4-12(30)13(31)5-28(10)37/h2-5,8,16,20,31,37H,6-7H2,1H3,(H2,23,25)(H,24,32)(H,26,33)(H,35,36)/b3-2+,27-15-/t16-,20-/m1/s1. The van der Waals surface area contributed by atoms with Crippen molar-refractivity contribution in [2.75, 3.05) is 25.1 Å². The number of aromatic nitrogens is 2. The first-order valence-corrected chi connectivity index (χ1v) is 13.1. The number of pyridine rings is 1. The number of hydrogen-bond donors (Lipinski definition) is 6. The molecule has 2 aromatic rings. The molecule has 0 unspecified atom stereocenters. The number of rotatable bonds is 9. The second-order valence-electron chi connectivity index (χ2n) is 8.12. The Morgan fingerprint density at radius 3 is 2.73 bits per heavy atom. The molecule has 7 N–H and O–H groups in total. The van der Waals surface area contributed by atoms with Crippen LogP contribution in [-0.4, -0.2) is 90.3 Å². The molecular formula is C22H21N7O9S2. The summed E-state index contributed by atoms with van der Waals surface area (Å²) in [6.45, 7) is -0.485. The van der Waals surface area contributed by atoms with Gasteiger partial charge >= 0.3 is 5.97 Å². The molecule has 0 radical (unpaired) electrons. The van der Waals surface area contributed by atoms with E-state index in [1.165, 1.54) is 36.3 Å². The summed E-state index contributed by atoms with van der Waals surface area (Å²) >= 11 is 2.19. The molecule has 0 aromatic carbocycles. The number of carbonyl (C=O) groups excluding carboxylic acids is 3. The fraction of sp³-hybridized carbons (Fsp3) is 0.227. The van der Waals surface area contributed by atoms with E-state index in [0.717, 1.165) is 28.5 Å². The lowest BCUT2D eigenvalue weighted by atomic mass is 10.0. The van der Waals surface area contributed by atoms with E-state index in [1.54, 1.807) is 0 Å². The van der Waals surface area contributed by atoms with Crippen molar-refractivity contribution < 1.29 is 39.4 Å². The minimum atomic E-state index is -1.40. The summed E-state index contributed by atoms with van der Waals surface area (Å²) in [5, 5.41) is 38.5. The van der Waals surface area contributed by atoms with Crippen LogP contribution in [0.1, 0.15) is 11.4 Å². The molecule has 1 saturated heterocycles. The van der Waals surface area contributed by atoms with Gasteiger partial charge in [-0.15, -0.1) is 23.1 Å². The SMILES string of the molecule is CNC(=O)CO/N=C(\C(=O)N[C@@H]1C(=O)N2C(C(=O)O)=C(/C=C/c3cc(=O)c(O)cn3O)CS[C@H]12)c1csc(N)n1. The minimum Gasteiger partial charge on any atom is -0.503 e. The quantitative estimate of drug-likeness (QED) is 0.0868. The Hall–Kier alpha value is -4.84. The highest BCUT2D eigenvalue weighted by molar-refractivity contribution is 8.00. The van der Waals surface area contributed by atoms with Gasteiger partial charge < -0.3 is 36.6 Å². The van der Waals surface area contributed by atoms with Crippen LogP contribution in [0.4, 0.5) is 5.13 Å². The van der Waals surface area contributed by atoms with Crippen molar-refractivity contribution in [3.05, 3.63) is 56.6 Å². The molecule has 2 aromatic heterocycles. The zero-order valence-corrected chi connectivity index (χ0v) is 22.1. The van der Waals surface area contributed by atoms with Gasteiger partial charge in [0, 0.05) is 24.2 Å². The number of β-lactam (4-membered cyclic amide) rings is 1. The third-order valence-electron chi connectivity index (χ3n) is 5.59. The Bertz CT molecular complexity index is 1550. The summed E-state index contributed by atoms with van der Waals surface area (Å²) in [5.41, 5.74) is 4.42. The largest absolute Gasteiger partial charge is 0.503 e. The topological polar surface area (TPSA) is 239 Å². The van der Waals surface area contributed by atoms with Gasteiger partial charge in [-0.2, -0.15) is 4.73 Å². The number of hydrogen-bond acceptors (Lipinski definition) is 13. The van der Waals surface area contributed by atoms with Gasteiger partial charge in [-0.25, -0.2) is 9.78 Å². The van der Waals surface area contributed by atoms with Crippen molar-refractivity contribution in [1.29, 1.82) is 0 Å². The van der Waals surface area contributed by atoms with E-state index in [0.29, 0.717) is 4.73 Å². The Balaban J connectivity index is 1.54. The Morgan fingerprint density at radius 1 is 1.32 bits per heavy atom. The van der Waals surface area contributed by atoms with Crippen LogP contribution in [0.25, 0.3) is 6.08 Å². The van der Waals surface area contributed by atoms with Crippen LogP contribution in [0.15, 0.2) is 44.9 Å². The Kier molecular flexibility index (Phi) is 8.10. The number of carboxylic acid groups (broad SMARTS) is 1. The fourth-order valence-electron chi connectivity index (χ4n) is 3.65. The fourth-order valence-corrected chi connectivity index (χ4v) is 5.51. The molecule has 16 nitrogen and oxygen atoms in total. The average molecular weight is 592 g/mol. The predicted molar refractivity (Wildman–Crippen MR) is 141 cm³/mol. The molecule has 0 aliphatic carbocycles. The molecular weight excluding hydrogens is 570 g/mol. The second kappa shape index (κ2) is 11.5. The van der Waals surface area contributed by atoms with Crippen molar-refractivity contribution in [2.45, 2.75) is 11.4 Å². The molecule has 18 heteroatoms. The molecule has 0 spiro atoms. The van der Waals surface area contributed by atoms with Gasteiger partial charge in [-0.3, -0.25) is 24.1 Å². The number of likely N-dealkylation sites (N-methyl/N-ethyl adjacent to an activating group) is 1. The number of carboxylic acids is 1. The molecule has 40 heavy (non-hydrogen) atoms. The third kappa shape index (κ3) is 5.61. The minimum absolute atomic E-state index is 0.0413. The molecule has 2 aliphatic rings. The van der Waals surface area contributed by atoms with Crippen LogP contribution >= 0.6 is 23.1 Å². The number of carbonyl (C=O) groups is 4. The molecule has 4 rings (SSSR count). The van der Waals surface area contributed by atoms with Crippen LogP contribution in [0.5, 0.6) is 5.75 Å². The summed E-state index contributed by atoms with van der Waals surface area (Å²) in [6.07, 6.45) is 3.36. The monoisotopic (exact) mass is 591 g/mol. The number of fused-ring (bicyclic) bond motifs is 1. The first-order chi connectivity index (χ1) is 19.0. The van der Waals surface area contributed by atoms with Crippen LogP contribution < -0.4 is 21.8 Å². The van der Waals surface area contributed by atoms with E-state index in [4.69, 9.17) is 10.6 Å². The van der Waals surface area contributed by atoms with Crippen LogP contribution in [0, 0.1) is 0 Å². The number of nitrogens with two attached hydrogens (primary N) is 1. The van der Waals surface area contributed by atoms with Gasteiger partial charge in [0.2, 0.25) is 5.43 Å². The third-order valence-corrected chi connectivity index (χ3v) is 7.57. The van der Waals surface area contributed by atoms with E-state index in [1.807, 2.05) is 0 Å². The number of nitrogen functional groups attached to an aromatic ring is 1. The summed E-state index contributed by atoms with van der Waals surface area (Å²) in [5.74, 6) is -4.05. The van der Waals surface area contributed by atoms with Gasteiger partial charge in [0.15, 0.2) is 23.2 Å². The van der Waals surface area contributed by atoms with Crippen molar-refractivity contribution >= 4 is 63.7 Å². The van der Waals surface area contributed by atoms with Gasteiger partial charge in [0.05, 0.1) is 11.9 Å². The van der Waals surface area contributed by atoms with Crippen molar-refractivity contribution in [1.82, 2.24) is 25.2 Å². The van der Waals surface area contributed by atoms with Gasteiger partial charge in [-0.1, -0.05) is 11.2 Å². The van der Waals surface area contributed by atoms with E-state index >= 15 is 0 Å². The first-order valence-electron chi connectivity index (χ1n) is 11.2. The number of anilines is 1. The van der Waals surface area contributed by atoms with Gasteiger partial charge in [0.25, 0.3) is 17.7 Å². The zero-order valence-electron chi connectivity index (χ0n) is 20.4. The molecule has 0 saturated carbocycles. The number of thioether (sulfide) groups is 1. The molecule has 3 amide bonds. The maximum atomic E-state index is 13.1. The maximum absolute atomic E-state index is 13.1. The van der Waals surface area contributed by atoms with E-state index in [2.05, 4.69) is 20.8 Å². The highest BCUT2D eigenvalue weighted by Crippen LogP contribution is 2.40. The van der Waals surface area contributed by atoms with E-state index < -0.39 is 52.9 Å². The van der Waals surface area contributed by atoms with Crippen LogP contribution in [0.3, 0.4) is 0 Å². The summed E-state index contributed by atoms with van der Waals surface area (Å²) in [7, 11) is 1.39. The lowest BCUT2D eigenvalue weighted by molar-refractivity contribution is -0.150. The van der Waals surface area contributed by atoms with E-state index in [9.17, 15) is 39.4 Å². The lowest BCUT2D eigenvalue weighted by Gasteiger charge is -2.49. The Labute approximate surface area is 232 Å². The second-order valence-corrected chi connectivity index (χ2v) is 10.1. The summed E-state index contributed by atoms with van der Waals surface area (Å²) < 4.78 is 0.487. The van der Waals surface area contributed by atoms with Crippen molar-refractivity contribution in [2.24, 2.45) is 5.16 Å².